The molecule has 0 aliphatic carbocycles. The van der Waals surface area contributed by atoms with Crippen LogP contribution in [0.3, 0.4) is 0 Å². The molecule has 0 atom stereocenters. The molecule has 0 aromatic heterocycles. The van der Waals surface area contributed by atoms with E-state index in [4.69, 9.17) is 5.11 Å². The molecule has 0 bridgehead atoms. The van der Waals surface area contributed by atoms with Crippen molar-refractivity contribution in [1.29, 1.82) is 0 Å². The largest absolute Gasteiger partial charge is 0.480 e. The van der Waals surface area contributed by atoms with E-state index in [9.17, 15) is 9.59 Å². The SMILES string of the molecule is CCCNCC(=O)N1CCN(CC(=O)O)CC1. The molecule has 0 radical (unpaired) electrons. The van der Waals surface area contributed by atoms with Crippen LogP contribution in [-0.2, 0) is 9.59 Å². The van der Waals surface area contributed by atoms with Crippen molar-refractivity contribution >= 4 is 11.9 Å². The molecule has 1 aliphatic heterocycles. The number of nitrogens with one attached hydrogen (secondary N) is 1. The second-order valence-corrected chi connectivity index (χ2v) is 4.23. The van der Waals surface area contributed by atoms with Crippen molar-refractivity contribution in [2.24, 2.45) is 0 Å². The molecular formula is C11H21N3O3. The van der Waals surface area contributed by atoms with E-state index in [2.05, 4.69) is 12.2 Å². The summed E-state index contributed by atoms with van der Waals surface area (Å²) in [4.78, 5) is 25.9. The minimum absolute atomic E-state index is 0.0656. The van der Waals surface area contributed by atoms with Gasteiger partial charge in [-0.1, -0.05) is 6.92 Å². The predicted molar refractivity (Wildman–Crippen MR) is 63.8 cm³/mol. The maximum atomic E-state index is 11.7. The number of rotatable bonds is 6. The first-order chi connectivity index (χ1) is 8.13. The van der Waals surface area contributed by atoms with Crippen molar-refractivity contribution in [3.63, 3.8) is 0 Å². The van der Waals surface area contributed by atoms with E-state index >= 15 is 0 Å². The number of carboxylic acid groups (broad SMARTS) is 1. The Bertz CT molecular complexity index is 263. The van der Waals surface area contributed by atoms with Gasteiger partial charge >= 0.3 is 5.97 Å². The van der Waals surface area contributed by atoms with Gasteiger partial charge in [-0.05, 0) is 13.0 Å². The van der Waals surface area contributed by atoms with Crippen molar-refractivity contribution in [1.82, 2.24) is 15.1 Å². The zero-order chi connectivity index (χ0) is 12.7. The van der Waals surface area contributed by atoms with Crippen molar-refractivity contribution < 1.29 is 14.7 Å². The van der Waals surface area contributed by atoms with Crippen LogP contribution in [0.5, 0.6) is 0 Å². The first-order valence-electron chi connectivity index (χ1n) is 6.06. The number of nitrogens with zero attached hydrogens (tertiary/aromatic N) is 2. The Hall–Kier alpha value is -1.14. The molecule has 1 aliphatic rings. The number of amides is 1. The minimum Gasteiger partial charge on any atom is -0.480 e. The van der Waals surface area contributed by atoms with Crippen LogP contribution >= 0.6 is 0 Å². The van der Waals surface area contributed by atoms with Gasteiger partial charge in [-0.2, -0.15) is 0 Å². The van der Waals surface area contributed by atoms with E-state index in [1.54, 1.807) is 4.90 Å². The molecule has 0 aromatic carbocycles. The van der Waals surface area contributed by atoms with Crippen LogP contribution < -0.4 is 5.32 Å². The Kier molecular flexibility index (Phi) is 5.93. The predicted octanol–water partition coefficient (Wildman–Crippen LogP) is -0.785. The molecule has 0 aromatic rings. The average molecular weight is 243 g/mol. The molecule has 6 nitrogen and oxygen atoms in total. The highest BCUT2D eigenvalue weighted by atomic mass is 16.4. The number of hydrogen-bond donors (Lipinski definition) is 2. The lowest BCUT2D eigenvalue weighted by atomic mass is 10.3. The number of carbonyl (C=O) groups excluding carboxylic acids is 1. The Balaban J connectivity index is 2.21. The maximum absolute atomic E-state index is 11.7. The lowest BCUT2D eigenvalue weighted by Gasteiger charge is -2.33. The van der Waals surface area contributed by atoms with Crippen molar-refractivity contribution in [2.75, 3.05) is 45.8 Å². The van der Waals surface area contributed by atoms with E-state index in [1.165, 1.54) is 0 Å². The maximum Gasteiger partial charge on any atom is 0.317 e. The fraction of sp³-hybridized carbons (Fsp3) is 0.818. The monoisotopic (exact) mass is 243 g/mol. The fourth-order valence-corrected chi connectivity index (χ4v) is 1.83. The van der Waals surface area contributed by atoms with E-state index in [0.29, 0.717) is 32.7 Å². The van der Waals surface area contributed by atoms with Gasteiger partial charge in [-0.25, -0.2) is 0 Å². The standard InChI is InChI=1S/C11H21N3O3/c1-2-3-12-8-10(15)14-6-4-13(5-7-14)9-11(16)17/h12H,2-9H2,1H3,(H,16,17). The molecule has 17 heavy (non-hydrogen) atoms. The summed E-state index contributed by atoms with van der Waals surface area (Å²) in [6, 6.07) is 0. The highest BCUT2D eigenvalue weighted by molar-refractivity contribution is 5.78. The first-order valence-corrected chi connectivity index (χ1v) is 6.06. The number of carboxylic acids is 1. The second-order valence-electron chi connectivity index (χ2n) is 4.23. The van der Waals surface area contributed by atoms with Crippen LogP contribution in [0, 0.1) is 0 Å². The zero-order valence-corrected chi connectivity index (χ0v) is 10.3. The van der Waals surface area contributed by atoms with Crippen molar-refractivity contribution in [3.05, 3.63) is 0 Å². The smallest absolute Gasteiger partial charge is 0.317 e. The normalized spacial score (nSPS) is 17.1. The number of carbonyl (C=O) groups is 2. The molecule has 1 rings (SSSR count). The van der Waals surface area contributed by atoms with E-state index < -0.39 is 5.97 Å². The molecular weight excluding hydrogens is 222 g/mol. The third kappa shape index (κ3) is 5.14. The zero-order valence-electron chi connectivity index (χ0n) is 10.3. The Morgan fingerprint density at radius 2 is 1.88 bits per heavy atom. The molecule has 1 amide bonds. The van der Waals surface area contributed by atoms with Crippen LogP contribution in [0.25, 0.3) is 0 Å². The Labute approximate surface area is 102 Å². The number of aliphatic carboxylic acids is 1. The van der Waals surface area contributed by atoms with Gasteiger partial charge in [-0.15, -0.1) is 0 Å². The molecule has 0 saturated carbocycles. The van der Waals surface area contributed by atoms with Gasteiger partial charge < -0.3 is 15.3 Å². The van der Waals surface area contributed by atoms with Crippen LogP contribution in [0.15, 0.2) is 0 Å². The third-order valence-corrected chi connectivity index (χ3v) is 2.79. The molecule has 2 N–H and O–H groups in total. The summed E-state index contributed by atoms with van der Waals surface area (Å²) in [7, 11) is 0. The van der Waals surface area contributed by atoms with Crippen LogP contribution in [0.1, 0.15) is 13.3 Å². The highest BCUT2D eigenvalue weighted by Gasteiger charge is 2.21. The first kappa shape index (κ1) is 13.9. The summed E-state index contributed by atoms with van der Waals surface area (Å²) in [5.74, 6) is -0.706. The molecule has 1 fully saturated rings. The molecule has 1 saturated heterocycles. The Morgan fingerprint density at radius 3 is 2.41 bits per heavy atom. The Morgan fingerprint density at radius 1 is 1.24 bits per heavy atom. The lowest BCUT2D eigenvalue weighted by molar-refractivity contribution is -0.139. The quantitative estimate of drug-likeness (QED) is 0.598. The van der Waals surface area contributed by atoms with Crippen molar-refractivity contribution in [2.45, 2.75) is 13.3 Å². The molecule has 1 heterocycles. The minimum atomic E-state index is -0.811. The fourth-order valence-electron chi connectivity index (χ4n) is 1.83. The van der Waals surface area contributed by atoms with Gasteiger partial charge in [-0.3, -0.25) is 14.5 Å². The van der Waals surface area contributed by atoms with Crippen LogP contribution in [0.2, 0.25) is 0 Å². The van der Waals surface area contributed by atoms with Gasteiger partial charge in [0.05, 0.1) is 13.1 Å². The summed E-state index contributed by atoms with van der Waals surface area (Å²) in [5.41, 5.74) is 0. The molecule has 98 valence electrons. The van der Waals surface area contributed by atoms with E-state index in [-0.39, 0.29) is 12.5 Å². The van der Waals surface area contributed by atoms with Gasteiger partial charge in [0, 0.05) is 26.2 Å². The topological polar surface area (TPSA) is 72.9 Å². The van der Waals surface area contributed by atoms with E-state index in [1.807, 2.05) is 4.90 Å². The summed E-state index contributed by atoms with van der Waals surface area (Å²) < 4.78 is 0. The number of hydrogen-bond acceptors (Lipinski definition) is 4. The summed E-state index contributed by atoms with van der Waals surface area (Å²) >= 11 is 0. The number of piperazine rings is 1. The molecule has 6 heteroatoms. The third-order valence-electron chi connectivity index (χ3n) is 2.79. The van der Waals surface area contributed by atoms with Crippen LogP contribution in [-0.4, -0.2) is 72.6 Å². The summed E-state index contributed by atoms with van der Waals surface area (Å²) in [5, 5.41) is 11.7. The second kappa shape index (κ2) is 7.24. The highest BCUT2D eigenvalue weighted by Crippen LogP contribution is 2.01. The van der Waals surface area contributed by atoms with Gasteiger partial charge in [0.2, 0.25) is 5.91 Å². The van der Waals surface area contributed by atoms with Crippen LogP contribution in [0.4, 0.5) is 0 Å². The lowest BCUT2D eigenvalue weighted by Crippen LogP contribution is -2.51. The van der Waals surface area contributed by atoms with Gasteiger partial charge in [0.15, 0.2) is 0 Å². The molecule has 0 unspecified atom stereocenters. The van der Waals surface area contributed by atoms with Gasteiger partial charge in [0.25, 0.3) is 0 Å². The summed E-state index contributed by atoms with van der Waals surface area (Å²) in [6.07, 6.45) is 1.01. The van der Waals surface area contributed by atoms with E-state index in [0.717, 1.165) is 13.0 Å². The average Bonchev–Trinajstić information content (AvgIpc) is 2.29. The summed E-state index contributed by atoms with van der Waals surface area (Å²) in [6.45, 7) is 5.90. The van der Waals surface area contributed by atoms with Gasteiger partial charge in [0.1, 0.15) is 0 Å². The molecule has 0 spiro atoms. The van der Waals surface area contributed by atoms with Crippen molar-refractivity contribution in [3.8, 4) is 0 Å².